The number of halogens is 1. The molecule has 23 heavy (non-hydrogen) atoms. The number of nitrogens with one attached hydrogen (secondary N) is 1. The van der Waals surface area contributed by atoms with Crippen LogP contribution in [-0.2, 0) is 11.2 Å². The quantitative estimate of drug-likeness (QED) is 0.605. The molecule has 6 nitrogen and oxygen atoms in total. The molecule has 0 aliphatic carbocycles. The third-order valence-corrected chi connectivity index (χ3v) is 4.99. The molecule has 1 aromatic rings. The van der Waals surface area contributed by atoms with Gasteiger partial charge < -0.3 is 4.90 Å². The number of aryl methyl sites for hydroxylation is 2. The molecule has 8 heteroatoms. The fourth-order valence-corrected chi connectivity index (χ4v) is 3.81. The molecule has 0 fully saturated rings. The number of quaternary nitrogens is 1. The van der Waals surface area contributed by atoms with Gasteiger partial charge in [-0.25, -0.2) is 18.6 Å². The van der Waals surface area contributed by atoms with E-state index in [1.54, 1.807) is 0 Å². The molecule has 0 bridgehead atoms. The number of thioether (sulfide) groups is 1. The Hall–Kier alpha value is -0.850. The van der Waals surface area contributed by atoms with Gasteiger partial charge in [0.1, 0.15) is 4.75 Å². The molecule has 0 spiro atoms. The smallest absolute Gasteiger partial charge is 0.133 e. The van der Waals surface area contributed by atoms with Crippen LogP contribution in [0.3, 0.4) is 0 Å². The molecule has 1 heterocycles. The van der Waals surface area contributed by atoms with Gasteiger partial charge >= 0.3 is 0 Å². The largest absolute Gasteiger partial charge is 0.340 e. The first-order chi connectivity index (χ1) is 10.6. The van der Waals surface area contributed by atoms with Crippen LogP contribution in [0.1, 0.15) is 23.1 Å². The van der Waals surface area contributed by atoms with Crippen molar-refractivity contribution in [2.45, 2.75) is 24.5 Å². The van der Waals surface area contributed by atoms with Crippen molar-refractivity contribution in [2.24, 2.45) is 0 Å². The third kappa shape index (κ3) is 6.65. The van der Waals surface area contributed by atoms with Gasteiger partial charge in [0.25, 0.3) is 0 Å². The number of nitrogens with zero attached hydrogens (tertiary/aromatic N) is 1. The van der Waals surface area contributed by atoms with Crippen molar-refractivity contribution >= 4 is 11.8 Å². The van der Waals surface area contributed by atoms with Gasteiger partial charge in [0, 0.05) is 6.42 Å². The van der Waals surface area contributed by atoms with Crippen LogP contribution >= 0.6 is 11.8 Å². The van der Waals surface area contributed by atoms with Crippen molar-refractivity contribution < 1.29 is 33.8 Å². The molecule has 1 unspecified atom stereocenters. The van der Waals surface area contributed by atoms with E-state index in [0.29, 0.717) is 0 Å². The average molecular weight is 361 g/mol. The minimum Gasteiger partial charge on any atom is -0.340 e. The van der Waals surface area contributed by atoms with E-state index in [-0.39, 0.29) is 4.75 Å². The van der Waals surface area contributed by atoms with E-state index in [9.17, 15) is 5.26 Å². The summed E-state index contributed by atoms with van der Waals surface area (Å²) in [6.07, 6.45) is 2.03. The zero-order valence-corrected chi connectivity index (χ0v) is 15.0. The van der Waals surface area contributed by atoms with E-state index in [4.69, 9.17) is 18.6 Å². The Morgan fingerprint density at radius 3 is 2.43 bits per heavy atom. The predicted molar refractivity (Wildman–Crippen MR) is 76.9 cm³/mol. The van der Waals surface area contributed by atoms with Crippen LogP contribution < -0.4 is 23.5 Å². The molecule has 1 aliphatic rings. The van der Waals surface area contributed by atoms with Crippen LogP contribution in [0.25, 0.3) is 0 Å². The zero-order chi connectivity index (χ0) is 17.7. The van der Waals surface area contributed by atoms with Crippen LogP contribution in [0.5, 0.6) is 0 Å². The normalized spacial score (nSPS) is 20.3. The Morgan fingerprint density at radius 1 is 1.30 bits per heavy atom. The van der Waals surface area contributed by atoms with E-state index >= 15 is 0 Å². The maximum Gasteiger partial charge on any atom is 0.133 e. The van der Waals surface area contributed by atoms with Crippen LogP contribution in [-0.4, -0.2) is 26.4 Å². The summed E-state index contributed by atoms with van der Waals surface area (Å²) in [5.74, 6) is 1.06. The minimum atomic E-state index is -4.94. The SMILES string of the molecule is Cc1ccc2c(c1)C(C#N)(CC[NH+](C)C)SCC2.[O-][Cl+3]([O-])([O-])[O-]. The monoisotopic (exact) mass is 360 g/mol. The molecule has 2 rings (SSSR count). The number of rotatable bonds is 3. The summed E-state index contributed by atoms with van der Waals surface area (Å²) in [5, 5.41) is 9.71. The molecule has 1 aliphatic heterocycles. The molecule has 0 amide bonds. The van der Waals surface area contributed by atoms with Gasteiger partial charge in [-0.05, 0) is 30.2 Å². The highest BCUT2D eigenvalue weighted by Crippen LogP contribution is 2.44. The first kappa shape index (κ1) is 20.2. The molecule has 1 N–H and O–H groups in total. The molecule has 1 atom stereocenters. The summed E-state index contributed by atoms with van der Waals surface area (Å²) < 4.78 is 33.6. The van der Waals surface area contributed by atoms with Crippen LogP contribution in [0.15, 0.2) is 18.2 Å². The minimum absolute atomic E-state index is 0.323. The van der Waals surface area contributed by atoms with Crippen molar-refractivity contribution in [3.8, 4) is 6.07 Å². The van der Waals surface area contributed by atoms with Crippen molar-refractivity contribution in [1.29, 1.82) is 5.26 Å². The number of hydrogen-bond acceptors (Lipinski definition) is 6. The van der Waals surface area contributed by atoms with Crippen molar-refractivity contribution in [2.75, 3.05) is 26.4 Å². The first-order valence-corrected chi connectivity index (χ1v) is 9.35. The topological polar surface area (TPSA) is 120 Å². The molecule has 0 aromatic heterocycles. The lowest BCUT2D eigenvalue weighted by Gasteiger charge is -2.33. The maximum absolute atomic E-state index is 9.71. The van der Waals surface area contributed by atoms with Crippen LogP contribution in [0, 0.1) is 28.5 Å². The van der Waals surface area contributed by atoms with Gasteiger partial charge in [0.15, 0.2) is 0 Å². The van der Waals surface area contributed by atoms with Gasteiger partial charge in [-0.1, -0.05) is 23.8 Å². The Morgan fingerprint density at radius 2 is 1.91 bits per heavy atom. The second-order valence-electron chi connectivity index (χ2n) is 5.78. The van der Waals surface area contributed by atoms with Gasteiger partial charge in [-0.3, -0.25) is 0 Å². The van der Waals surface area contributed by atoms with Gasteiger partial charge in [-0.2, -0.15) is 5.26 Å². The maximum atomic E-state index is 9.71. The molecular weight excluding hydrogens is 340 g/mol. The summed E-state index contributed by atoms with van der Waals surface area (Å²) in [6, 6.07) is 9.19. The Balaban J connectivity index is 0.000000463. The third-order valence-electron chi connectivity index (χ3n) is 3.58. The molecule has 1 aromatic carbocycles. The molecular formula is C15H21ClN2O4S. The van der Waals surface area contributed by atoms with E-state index in [2.05, 4.69) is 45.3 Å². The number of benzene rings is 1. The molecule has 0 saturated heterocycles. The Kier molecular flexibility index (Phi) is 7.29. The zero-order valence-electron chi connectivity index (χ0n) is 13.4. The summed E-state index contributed by atoms with van der Waals surface area (Å²) in [4.78, 5) is 1.41. The Bertz CT molecular complexity index is 566. The second kappa shape index (κ2) is 8.31. The Labute approximate surface area is 143 Å². The highest BCUT2D eigenvalue weighted by molar-refractivity contribution is 8.00. The van der Waals surface area contributed by atoms with E-state index in [1.165, 1.54) is 21.6 Å². The predicted octanol–water partition coefficient (Wildman–Crippen LogP) is -3.22. The molecule has 128 valence electrons. The highest BCUT2D eigenvalue weighted by Gasteiger charge is 2.38. The van der Waals surface area contributed by atoms with Gasteiger partial charge in [-0.15, -0.1) is 22.0 Å². The lowest BCUT2D eigenvalue weighted by Crippen LogP contribution is -3.05. The number of fused-ring (bicyclic) bond motifs is 1. The molecule has 0 radical (unpaired) electrons. The van der Waals surface area contributed by atoms with Crippen molar-refractivity contribution in [3.63, 3.8) is 0 Å². The van der Waals surface area contributed by atoms with Crippen molar-refractivity contribution in [3.05, 3.63) is 34.9 Å². The van der Waals surface area contributed by atoms with E-state index in [0.717, 1.165) is 25.1 Å². The summed E-state index contributed by atoms with van der Waals surface area (Å²) >= 11 is 1.83. The number of nitriles is 1. The lowest BCUT2D eigenvalue weighted by atomic mass is 9.88. The van der Waals surface area contributed by atoms with Gasteiger partial charge in [0.2, 0.25) is 0 Å². The summed E-state index contributed by atoms with van der Waals surface area (Å²) in [6.45, 7) is 3.15. The fourth-order valence-electron chi connectivity index (χ4n) is 2.48. The highest BCUT2D eigenvalue weighted by atomic mass is 35.7. The van der Waals surface area contributed by atoms with Crippen molar-refractivity contribution in [1.82, 2.24) is 0 Å². The van der Waals surface area contributed by atoms with Crippen LogP contribution in [0.2, 0.25) is 0 Å². The molecule has 0 saturated carbocycles. The summed E-state index contributed by atoms with van der Waals surface area (Å²) in [7, 11) is -0.647. The summed E-state index contributed by atoms with van der Waals surface area (Å²) in [5.41, 5.74) is 3.89. The van der Waals surface area contributed by atoms with E-state index < -0.39 is 10.2 Å². The van der Waals surface area contributed by atoms with E-state index in [1.807, 2.05) is 11.8 Å². The fraction of sp³-hybridized carbons (Fsp3) is 0.533. The second-order valence-corrected chi connectivity index (χ2v) is 7.93. The first-order valence-electron chi connectivity index (χ1n) is 7.13. The lowest BCUT2D eigenvalue weighted by molar-refractivity contribution is -2.00. The van der Waals surface area contributed by atoms with Gasteiger partial charge in [0.05, 0.1) is 26.7 Å². The standard InChI is InChI=1S/C15H20N2S.ClHO4/c1-12-4-5-13-6-9-18-15(11-16,14(13)10-12)7-8-17(2)3;2-1(3,4)5/h4-5,10H,6-9H2,1-3H3;(H,2,3,4,5). The number of hydrogen-bond donors (Lipinski definition) is 1. The van der Waals surface area contributed by atoms with Crippen LogP contribution in [0.4, 0.5) is 0 Å². The average Bonchev–Trinajstić information content (AvgIpc) is 2.43.